The number of hydrogen-bond donors (Lipinski definition) is 2. The molecule has 1 heterocycles. The van der Waals surface area contributed by atoms with Gasteiger partial charge in [0, 0.05) is 17.3 Å². The highest BCUT2D eigenvalue weighted by Crippen LogP contribution is 2.26. The van der Waals surface area contributed by atoms with Gasteiger partial charge in [-0.2, -0.15) is 4.31 Å². The standard InChI is InChI=1S/C25H26N4O5S/c1-19-11-13-21(14-12-19)26-25(30)24(20-7-3-2-4-8-20)27-15-17-28(18-16-27)35(33,34)23-10-6-5-9-22(23)29(31)32/h2-14,24H,15-18H2,1H3,(H,26,30)/p+1/t24-/m1/s1. The van der Waals surface area contributed by atoms with Crippen molar-refractivity contribution in [3.63, 3.8) is 0 Å². The van der Waals surface area contributed by atoms with Crippen LogP contribution in [-0.2, 0) is 14.8 Å². The minimum absolute atomic E-state index is 0.144. The average Bonchev–Trinajstić information content (AvgIpc) is 2.86. The molecule has 1 atom stereocenters. The van der Waals surface area contributed by atoms with E-state index in [9.17, 15) is 23.3 Å². The fourth-order valence-corrected chi connectivity index (χ4v) is 5.94. The van der Waals surface area contributed by atoms with E-state index in [1.807, 2.05) is 61.5 Å². The number of piperazine rings is 1. The number of nitrogens with one attached hydrogen (secondary N) is 2. The maximum atomic E-state index is 13.4. The van der Waals surface area contributed by atoms with Gasteiger partial charge in [0.1, 0.15) is 0 Å². The number of carbonyl (C=O) groups is 1. The minimum Gasteiger partial charge on any atom is -0.321 e. The minimum atomic E-state index is -4.05. The van der Waals surface area contributed by atoms with E-state index < -0.39 is 26.7 Å². The summed E-state index contributed by atoms with van der Waals surface area (Å²) >= 11 is 0. The second-order valence-corrected chi connectivity index (χ2v) is 10.4. The lowest BCUT2D eigenvalue weighted by Crippen LogP contribution is -3.16. The molecule has 0 aromatic heterocycles. The van der Waals surface area contributed by atoms with E-state index in [4.69, 9.17) is 0 Å². The number of nitrogens with zero attached hydrogens (tertiary/aromatic N) is 2. The molecule has 3 aromatic rings. The second kappa shape index (κ2) is 10.3. The maximum Gasteiger partial charge on any atom is 0.289 e. The van der Waals surface area contributed by atoms with Crippen LogP contribution in [0.1, 0.15) is 17.2 Å². The van der Waals surface area contributed by atoms with Gasteiger partial charge in [0.2, 0.25) is 10.0 Å². The van der Waals surface area contributed by atoms with Gasteiger partial charge in [0.05, 0.1) is 31.1 Å². The Morgan fingerprint density at radius 2 is 1.57 bits per heavy atom. The lowest BCUT2D eigenvalue weighted by molar-refractivity contribution is -0.925. The number of anilines is 1. The summed E-state index contributed by atoms with van der Waals surface area (Å²) in [5.41, 5.74) is 2.17. The lowest BCUT2D eigenvalue weighted by atomic mass is 10.0. The molecule has 0 bridgehead atoms. The van der Waals surface area contributed by atoms with E-state index in [0.29, 0.717) is 18.8 Å². The van der Waals surface area contributed by atoms with Crippen molar-refractivity contribution in [2.75, 3.05) is 31.5 Å². The monoisotopic (exact) mass is 495 g/mol. The van der Waals surface area contributed by atoms with Gasteiger partial charge in [-0.25, -0.2) is 8.42 Å². The molecule has 3 aromatic carbocycles. The zero-order chi connectivity index (χ0) is 25.0. The molecule has 1 aliphatic rings. The normalized spacial score (nSPS) is 15.9. The van der Waals surface area contributed by atoms with E-state index in [1.54, 1.807) is 0 Å². The van der Waals surface area contributed by atoms with Crippen molar-refractivity contribution in [1.82, 2.24) is 4.31 Å². The molecule has 4 rings (SSSR count). The van der Waals surface area contributed by atoms with Gasteiger partial charge in [-0.15, -0.1) is 0 Å². The first-order chi connectivity index (χ1) is 16.8. The number of nitro benzene ring substituents is 1. The van der Waals surface area contributed by atoms with Gasteiger partial charge in [0.25, 0.3) is 11.6 Å². The highest BCUT2D eigenvalue weighted by atomic mass is 32.2. The lowest BCUT2D eigenvalue weighted by Gasteiger charge is -2.35. The second-order valence-electron chi connectivity index (χ2n) is 8.49. The van der Waals surface area contributed by atoms with Crippen LogP contribution in [-0.4, -0.2) is 49.7 Å². The third-order valence-electron chi connectivity index (χ3n) is 6.17. The van der Waals surface area contributed by atoms with Crippen LogP contribution in [0.15, 0.2) is 83.8 Å². The molecule has 0 aliphatic carbocycles. The highest BCUT2D eigenvalue weighted by Gasteiger charge is 2.39. The van der Waals surface area contributed by atoms with Gasteiger partial charge in [0.15, 0.2) is 10.9 Å². The highest BCUT2D eigenvalue weighted by molar-refractivity contribution is 7.89. The summed E-state index contributed by atoms with van der Waals surface area (Å²) in [5.74, 6) is -0.176. The van der Waals surface area contributed by atoms with Gasteiger partial charge in [-0.3, -0.25) is 14.9 Å². The van der Waals surface area contributed by atoms with Gasteiger partial charge in [-0.1, -0.05) is 60.2 Å². The Morgan fingerprint density at radius 3 is 2.20 bits per heavy atom. The first kappa shape index (κ1) is 24.5. The molecule has 2 N–H and O–H groups in total. The molecule has 0 radical (unpaired) electrons. The summed E-state index contributed by atoms with van der Waals surface area (Å²) < 4.78 is 27.7. The van der Waals surface area contributed by atoms with Crippen LogP contribution in [0.4, 0.5) is 11.4 Å². The molecule has 0 unspecified atom stereocenters. The van der Waals surface area contributed by atoms with Gasteiger partial charge >= 0.3 is 0 Å². The summed E-state index contributed by atoms with van der Waals surface area (Å²) in [6.45, 7) is 3.01. The Bertz CT molecular complexity index is 1310. The molecule has 10 heteroatoms. The summed E-state index contributed by atoms with van der Waals surface area (Å²) in [4.78, 5) is 24.7. The predicted molar refractivity (Wildman–Crippen MR) is 132 cm³/mol. The number of hydrogen-bond acceptors (Lipinski definition) is 5. The Labute approximate surface area is 204 Å². The Balaban J connectivity index is 1.54. The number of quaternary nitrogens is 1. The summed E-state index contributed by atoms with van der Waals surface area (Å²) in [6, 6.07) is 21.8. The van der Waals surface area contributed by atoms with Gasteiger partial charge in [-0.05, 0) is 25.1 Å². The Kier molecular flexibility index (Phi) is 7.25. The van der Waals surface area contributed by atoms with Crippen LogP contribution >= 0.6 is 0 Å². The first-order valence-corrected chi connectivity index (χ1v) is 12.7. The van der Waals surface area contributed by atoms with Crippen molar-refractivity contribution in [1.29, 1.82) is 0 Å². The van der Waals surface area contributed by atoms with Crippen LogP contribution in [0.5, 0.6) is 0 Å². The van der Waals surface area contributed by atoms with E-state index in [0.717, 1.165) is 16.0 Å². The van der Waals surface area contributed by atoms with E-state index in [-0.39, 0.29) is 23.9 Å². The van der Waals surface area contributed by atoms with Crippen molar-refractivity contribution in [3.8, 4) is 0 Å². The molecule has 1 saturated heterocycles. The van der Waals surface area contributed by atoms with Crippen molar-refractivity contribution in [3.05, 3.63) is 100 Å². The zero-order valence-corrected chi connectivity index (χ0v) is 20.1. The molecular weight excluding hydrogens is 468 g/mol. The maximum absolute atomic E-state index is 13.4. The number of carbonyl (C=O) groups excluding carboxylic acids is 1. The zero-order valence-electron chi connectivity index (χ0n) is 19.3. The molecule has 1 fully saturated rings. The van der Waals surface area contributed by atoms with Gasteiger partial charge < -0.3 is 10.2 Å². The number of benzene rings is 3. The van der Waals surface area contributed by atoms with Crippen LogP contribution < -0.4 is 10.2 Å². The molecule has 35 heavy (non-hydrogen) atoms. The molecule has 1 amide bonds. The number of sulfonamides is 1. The Hall–Kier alpha value is -3.60. The van der Waals surface area contributed by atoms with Crippen molar-refractivity contribution in [2.24, 2.45) is 0 Å². The van der Waals surface area contributed by atoms with Crippen LogP contribution in [0.3, 0.4) is 0 Å². The van der Waals surface area contributed by atoms with Crippen molar-refractivity contribution in [2.45, 2.75) is 17.9 Å². The number of aryl methyl sites for hydroxylation is 1. The van der Waals surface area contributed by atoms with Crippen molar-refractivity contribution >= 4 is 27.3 Å². The topological polar surface area (TPSA) is 114 Å². The number of para-hydroxylation sites is 1. The largest absolute Gasteiger partial charge is 0.321 e. The third-order valence-corrected chi connectivity index (χ3v) is 8.11. The predicted octanol–water partition coefficient (Wildman–Crippen LogP) is 2.17. The number of nitro groups is 1. The molecule has 9 nitrogen and oxygen atoms in total. The van der Waals surface area contributed by atoms with E-state index in [2.05, 4.69) is 5.32 Å². The van der Waals surface area contributed by atoms with Crippen LogP contribution in [0.25, 0.3) is 0 Å². The quantitative estimate of drug-likeness (QED) is 0.385. The van der Waals surface area contributed by atoms with Crippen LogP contribution in [0.2, 0.25) is 0 Å². The molecule has 0 spiro atoms. The molecular formula is C25H27N4O5S+. The summed E-state index contributed by atoms with van der Waals surface area (Å²) in [5, 5.41) is 14.4. The van der Waals surface area contributed by atoms with Crippen molar-refractivity contribution < 1.29 is 23.0 Å². The van der Waals surface area contributed by atoms with E-state index in [1.165, 1.54) is 28.6 Å². The Morgan fingerprint density at radius 1 is 0.971 bits per heavy atom. The summed E-state index contributed by atoms with van der Waals surface area (Å²) in [7, 11) is -4.05. The fourth-order valence-electron chi connectivity index (χ4n) is 4.34. The smallest absolute Gasteiger partial charge is 0.289 e. The molecule has 182 valence electrons. The van der Waals surface area contributed by atoms with Crippen LogP contribution in [0, 0.1) is 17.0 Å². The third kappa shape index (κ3) is 5.40. The summed E-state index contributed by atoms with van der Waals surface area (Å²) in [6.07, 6.45) is 0. The average molecular weight is 496 g/mol. The molecule has 0 saturated carbocycles. The first-order valence-electron chi connectivity index (χ1n) is 11.3. The molecule has 1 aliphatic heterocycles. The fraction of sp³-hybridized carbons (Fsp3) is 0.240. The number of amides is 1. The van der Waals surface area contributed by atoms with E-state index >= 15 is 0 Å². The number of rotatable bonds is 7. The SMILES string of the molecule is Cc1ccc(NC(=O)[C@@H](c2ccccc2)[NH+]2CCN(S(=O)(=O)c3ccccc3[N+](=O)[O-])CC2)cc1.